The van der Waals surface area contributed by atoms with E-state index in [0.717, 1.165) is 64.9 Å². The predicted molar refractivity (Wildman–Crippen MR) is 83.3 cm³/mol. The highest BCUT2D eigenvalue weighted by Crippen LogP contribution is 2.36. The SMILES string of the molecule is CCCCC(=O)N1CC2(CC[C@@H](CN3CCCC3=O)CO2)C1. The van der Waals surface area contributed by atoms with E-state index in [9.17, 15) is 9.59 Å². The summed E-state index contributed by atoms with van der Waals surface area (Å²) in [6, 6.07) is 0. The van der Waals surface area contributed by atoms with E-state index in [-0.39, 0.29) is 11.5 Å². The Bertz CT molecular complexity index is 422. The number of hydrogen-bond acceptors (Lipinski definition) is 3. The summed E-state index contributed by atoms with van der Waals surface area (Å²) in [5, 5.41) is 0. The molecule has 0 saturated carbocycles. The average molecular weight is 308 g/mol. The number of amides is 2. The van der Waals surface area contributed by atoms with E-state index in [4.69, 9.17) is 4.74 Å². The number of carbonyl (C=O) groups is 2. The second-order valence-electron chi connectivity index (χ2n) is 7.20. The van der Waals surface area contributed by atoms with Crippen LogP contribution in [0.1, 0.15) is 51.9 Å². The predicted octanol–water partition coefficient (Wildman–Crippen LogP) is 1.81. The summed E-state index contributed by atoms with van der Waals surface area (Å²) >= 11 is 0. The van der Waals surface area contributed by atoms with Gasteiger partial charge in [0.1, 0.15) is 5.60 Å². The van der Waals surface area contributed by atoms with Gasteiger partial charge in [-0.3, -0.25) is 9.59 Å². The molecular weight excluding hydrogens is 280 g/mol. The smallest absolute Gasteiger partial charge is 0.222 e. The Hall–Kier alpha value is -1.10. The van der Waals surface area contributed by atoms with Gasteiger partial charge in [-0.15, -0.1) is 0 Å². The number of nitrogens with zero attached hydrogens (tertiary/aromatic N) is 2. The zero-order chi connectivity index (χ0) is 15.6. The maximum Gasteiger partial charge on any atom is 0.222 e. The number of likely N-dealkylation sites (tertiary alicyclic amines) is 2. The highest BCUT2D eigenvalue weighted by Gasteiger charge is 2.48. The molecule has 0 aromatic rings. The fourth-order valence-electron chi connectivity index (χ4n) is 3.83. The Kier molecular flexibility index (Phi) is 4.71. The third kappa shape index (κ3) is 3.29. The van der Waals surface area contributed by atoms with Crippen molar-refractivity contribution < 1.29 is 14.3 Å². The number of hydrogen-bond donors (Lipinski definition) is 0. The quantitative estimate of drug-likeness (QED) is 0.778. The third-order valence-electron chi connectivity index (χ3n) is 5.34. The maximum atomic E-state index is 12.0. The summed E-state index contributed by atoms with van der Waals surface area (Å²) in [5.74, 6) is 1.05. The molecule has 124 valence electrons. The standard InChI is InChI=1S/C17H28N2O3/c1-2-3-5-16(21)19-12-17(13-19)8-7-14(11-22-17)10-18-9-4-6-15(18)20/h14H,2-13H2,1H3/t14-/m0/s1. The summed E-state index contributed by atoms with van der Waals surface area (Å²) in [4.78, 5) is 27.6. The summed E-state index contributed by atoms with van der Waals surface area (Å²) < 4.78 is 6.11. The molecule has 1 atom stereocenters. The van der Waals surface area contributed by atoms with Crippen LogP contribution in [0.2, 0.25) is 0 Å². The first-order chi connectivity index (χ1) is 10.6. The highest BCUT2D eigenvalue weighted by molar-refractivity contribution is 5.78. The van der Waals surface area contributed by atoms with E-state index in [0.29, 0.717) is 24.7 Å². The van der Waals surface area contributed by atoms with Gasteiger partial charge in [-0.1, -0.05) is 13.3 Å². The molecule has 0 aromatic heterocycles. The van der Waals surface area contributed by atoms with Crippen molar-refractivity contribution in [1.29, 1.82) is 0 Å². The van der Waals surface area contributed by atoms with Crippen LogP contribution in [0.5, 0.6) is 0 Å². The van der Waals surface area contributed by atoms with Crippen molar-refractivity contribution in [3.8, 4) is 0 Å². The zero-order valence-electron chi connectivity index (χ0n) is 13.7. The van der Waals surface area contributed by atoms with Crippen LogP contribution >= 0.6 is 0 Å². The van der Waals surface area contributed by atoms with Crippen molar-refractivity contribution in [2.24, 2.45) is 5.92 Å². The Morgan fingerprint density at radius 1 is 1.41 bits per heavy atom. The van der Waals surface area contributed by atoms with Crippen LogP contribution in [0.15, 0.2) is 0 Å². The topological polar surface area (TPSA) is 49.9 Å². The molecule has 5 heteroatoms. The first-order valence-corrected chi connectivity index (χ1v) is 8.81. The van der Waals surface area contributed by atoms with Gasteiger partial charge >= 0.3 is 0 Å². The molecule has 3 fully saturated rings. The van der Waals surface area contributed by atoms with Gasteiger partial charge in [0.2, 0.25) is 11.8 Å². The summed E-state index contributed by atoms with van der Waals surface area (Å²) in [6.45, 7) is 6.16. The van der Waals surface area contributed by atoms with Gasteiger partial charge in [0, 0.05) is 31.8 Å². The first-order valence-electron chi connectivity index (χ1n) is 8.81. The van der Waals surface area contributed by atoms with Crippen LogP contribution < -0.4 is 0 Å². The molecule has 3 rings (SSSR count). The Morgan fingerprint density at radius 2 is 2.23 bits per heavy atom. The molecule has 3 heterocycles. The van der Waals surface area contributed by atoms with Gasteiger partial charge in [0.05, 0.1) is 19.7 Å². The van der Waals surface area contributed by atoms with E-state index >= 15 is 0 Å². The molecule has 0 unspecified atom stereocenters. The fraction of sp³-hybridized carbons (Fsp3) is 0.882. The van der Waals surface area contributed by atoms with Crippen molar-refractivity contribution in [1.82, 2.24) is 9.80 Å². The molecule has 0 aromatic carbocycles. The third-order valence-corrected chi connectivity index (χ3v) is 5.34. The zero-order valence-corrected chi connectivity index (χ0v) is 13.7. The molecule has 0 aliphatic carbocycles. The second kappa shape index (κ2) is 6.57. The van der Waals surface area contributed by atoms with E-state index in [2.05, 4.69) is 6.92 Å². The van der Waals surface area contributed by atoms with Crippen LogP contribution in [-0.4, -0.2) is 60.0 Å². The van der Waals surface area contributed by atoms with E-state index in [1.807, 2.05) is 9.80 Å². The molecule has 5 nitrogen and oxygen atoms in total. The molecule has 0 bridgehead atoms. The van der Waals surface area contributed by atoms with Gasteiger partial charge < -0.3 is 14.5 Å². The van der Waals surface area contributed by atoms with Crippen LogP contribution in [0.3, 0.4) is 0 Å². The van der Waals surface area contributed by atoms with Crippen LogP contribution in [0, 0.1) is 5.92 Å². The number of unbranched alkanes of at least 4 members (excludes halogenated alkanes) is 1. The van der Waals surface area contributed by atoms with Crippen molar-refractivity contribution >= 4 is 11.8 Å². The summed E-state index contributed by atoms with van der Waals surface area (Å²) in [6.07, 6.45) is 6.58. The Morgan fingerprint density at radius 3 is 2.82 bits per heavy atom. The molecule has 3 saturated heterocycles. The van der Waals surface area contributed by atoms with E-state index < -0.39 is 0 Å². The Labute approximate surface area is 133 Å². The fourth-order valence-corrected chi connectivity index (χ4v) is 3.83. The molecule has 0 radical (unpaired) electrons. The normalized spacial score (nSPS) is 27.3. The van der Waals surface area contributed by atoms with Gasteiger partial charge in [-0.05, 0) is 25.7 Å². The molecule has 3 aliphatic heterocycles. The Balaban J connectivity index is 1.39. The van der Waals surface area contributed by atoms with Crippen LogP contribution in [-0.2, 0) is 14.3 Å². The number of ether oxygens (including phenoxy) is 1. The lowest BCUT2D eigenvalue weighted by Crippen LogP contribution is -2.66. The largest absolute Gasteiger partial charge is 0.371 e. The second-order valence-corrected chi connectivity index (χ2v) is 7.20. The lowest BCUT2D eigenvalue weighted by molar-refractivity contribution is -0.190. The summed E-state index contributed by atoms with van der Waals surface area (Å²) in [5.41, 5.74) is -0.0760. The molecular formula is C17H28N2O3. The minimum absolute atomic E-state index is 0.0760. The van der Waals surface area contributed by atoms with Gasteiger partial charge in [-0.25, -0.2) is 0 Å². The van der Waals surface area contributed by atoms with Crippen molar-refractivity contribution in [2.45, 2.75) is 57.5 Å². The minimum atomic E-state index is -0.0760. The van der Waals surface area contributed by atoms with Gasteiger partial charge in [-0.2, -0.15) is 0 Å². The van der Waals surface area contributed by atoms with Gasteiger partial charge in [0.25, 0.3) is 0 Å². The maximum absolute atomic E-state index is 12.0. The molecule has 1 spiro atoms. The first kappa shape index (κ1) is 15.8. The molecule has 0 N–H and O–H groups in total. The van der Waals surface area contributed by atoms with E-state index in [1.54, 1.807) is 0 Å². The van der Waals surface area contributed by atoms with Crippen LogP contribution in [0.25, 0.3) is 0 Å². The van der Waals surface area contributed by atoms with Gasteiger partial charge in [0.15, 0.2) is 0 Å². The van der Waals surface area contributed by atoms with Crippen molar-refractivity contribution in [3.63, 3.8) is 0 Å². The lowest BCUT2D eigenvalue weighted by Gasteiger charge is -2.53. The summed E-state index contributed by atoms with van der Waals surface area (Å²) in [7, 11) is 0. The highest BCUT2D eigenvalue weighted by atomic mass is 16.5. The van der Waals surface area contributed by atoms with E-state index in [1.165, 1.54) is 0 Å². The molecule has 2 amide bonds. The number of carbonyl (C=O) groups excluding carboxylic acids is 2. The van der Waals surface area contributed by atoms with Crippen LogP contribution in [0.4, 0.5) is 0 Å². The number of rotatable bonds is 5. The van der Waals surface area contributed by atoms with Crippen molar-refractivity contribution in [2.75, 3.05) is 32.8 Å². The lowest BCUT2D eigenvalue weighted by atomic mass is 9.82. The molecule has 22 heavy (non-hydrogen) atoms. The van der Waals surface area contributed by atoms with Crippen molar-refractivity contribution in [3.05, 3.63) is 0 Å². The molecule has 3 aliphatic rings. The monoisotopic (exact) mass is 308 g/mol. The minimum Gasteiger partial charge on any atom is -0.371 e. The average Bonchev–Trinajstić information content (AvgIpc) is 2.88.